The first-order chi connectivity index (χ1) is 11.6. The van der Waals surface area contributed by atoms with Gasteiger partial charge in [0.15, 0.2) is 0 Å². The first-order valence-corrected chi connectivity index (χ1v) is 9.44. The summed E-state index contributed by atoms with van der Waals surface area (Å²) in [4.78, 5) is 12.6. The van der Waals surface area contributed by atoms with E-state index in [0.29, 0.717) is 11.8 Å². The maximum atomic E-state index is 12.6. The molecule has 3 N–H and O–H groups in total. The summed E-state index contributed by atoms with van der Waals surface area (Å²) >= 11 is 0. The molecule has 4 atom stereocenters. The Morgan fingerprint density at radius 1 is 1.08 bits per heavy atom. The van der Waals surface area contributed by atoms with E-state index in [-0.39, 0.29) is 33.7 Å². The van der Waals surface area contributed by atoms with E-state index < -0.39 is 0 Å². The van der Waals surface area contributed by atoms with E-state index in [1.54, 1.807) is 0 Å². The molecule has 1 aromatic carbocycles. The van der Waals surface area contributed by atoms with Crippen LogP contribution < -0.4 is 5.32 Å². The van der Waals surface area contributed by atoms with Crippen LogP contribution >= 0.6 is 0 Å². The topological polar surface area (TPSA) is 69.6 Å². The standard InChI is InChI=1S/C21H29NO3/c1-19(2)15-5-6-21(4)16(20(15,3)7-8-22-18(19)25)10-12-9-13(23)11-14(24)17(12)21/h9,11,15-16,23-24H,5-8,10H2,1-4H3,(H,22,25). The quantitative estimate of drug-likeness (QED) is 0.675. The number of benzene rings is 1. The van der Waals surface area contributed by atoms with E-state index in [4.69, 9.17) is 0 Å². The number of rotatable bonds is 0. The Kier molecular flexibility index (Phi) is 3.30. The van der Waals surface area contributed by atoms with Gasteiger partial charge in [0.2, 0.25) is 5.91 Å². The Labute approximate surface area is 149 Å². The highest BCUT2D eigenvalue weighted by Crippen LogP contribution is 2.66. The number of aromatic hydroxyl groups is 2. The lowest BCUT2D eigenvalue weighted by Crippen LogP contribution is -2.54. The van der Waals surface area contributed by atoms with E-state index in [9.17, 15) is 15.0 Å². The predicted molar refractivity (Wildman–Crippen MR) is 96.6 cm³/mol. The van der Waals surface area contributed by atoms with Crippen LogP contribution in [-0.2, 0) is 16.6 Å². The molecule has 1 aliphatic heterocycles. The molecule has 25 heavy (non-hydrogen) atoms. The van der Waals surface area contributed by atoms with Gasteiger partial charge in [-0.2, -0.15) is 0 Å². The van der Waals surface area contributed by atoms with Crippen molar-refractivity contribution < 1.29 is 15.0 Å². The van der Waals surface area contributed by atoms with Crippen LogP contribution in [0.5, 0.6) is 11.5 Å². The van der Waals surface area contributed by atoms with Gasteiger partial charge in [-0.1, -0.05) is 27.7 Å². The van der Waals surface area contributed by atoms with Crippen LogP contribution in [0.25, 0.3) is 0 Å². The molecule has 4 heteroatoms. The fourth-order valence-electron chi connectivity index (χ4n) is 6.75. The summed E-state index contributed by atoms with van der Waals surface area (Å²) in [6, 6.07) is 3.30. The highest BCUT2D eigenvalue weighted by molar-refractivity contribution is 5.82. The number of carbonyl (C=O) groups excluding carboxylic acids is 1. The van der Waals surface area contributed by atoms with Gasteiger partial charge in [-0.05, 0) is 54.6 Å². The molecule has 1 saturated heterocycles. The van der Waals surface area contributed by atoms with Crippen molar-refractivity contribution in [3.05, 3.63) is 23.3 Å². The zero-order valence-electron chi connectivity index (χ0n) is 15.6. The third kappa shape index (κ3) is 2.03. The van der Waals surface area contributed by atoms with Gasteiger partial charge in [0.1, 0.15) is 11.5 Å². The average molecular weight is 343 g/mol. The number of nitrogens with one attached hydrogen (secondary N) is 1. The third-order valence-electron chi connectivity index (χ3n) is 7.90. The summed E-state index contributed by atoms with van der Waals surface area (Å²) in [5, 5.41) is 23.6. The van der Waals surface area contributed by atoms with Gasteiger partial charge < -0.3 is 15.5 Å². The number of hydrogen-bond acceptors (Lipinski definition) is 3. The van der Waals surface area contributed by atoms with Crippen LogP contribution in [0, 0.1) is 22.7 Å². The van der Waals surface area contributed by atoms with Crippen molar-refractivity contribution >= 4 is 5.91 Å². The number of fused-ring (bicyclic) bond motifs is 5. The minimum absolute atomic E-state index is 0.0245. The molecule has 4 nitrogen and oxygen atoms in total. The fraction of sp³-hybridized carbons (Fsp3) is 0.667. The van der Waals surface area contributed by atoms with Crippen molar-refractivity contribution in [1.82, 2.24) is 5.32 Å². The number of amides is 1. The second kappa shape index (κ2) is 4.93. The molecular weight excluding hydrogens is 314 g/mol. The Bertz CT molecular complexity index is 756. The SMILES string of the molecule is CC1(C)C(=O)NCCC2(C)C1CCC1(C)c3c(O)cc(O)cc3CC12. The lowest BCUT2D eigenvalue weighted by molar-refractivity contribution is -0.138. The molecule has 1 heterocycles. The summed E-state index contributed by atoms with van der Waals surface area (Å²) in [7, 11) is 0. The van der Waals surface area contributed by atoms with Gasteiger partial charge >= 0.3 is 0 Å². The highest BCUT2D eigenvalue weighted by atomic mass is 16.3. The molecule has 2 fully saturated rings. The van der Waals surface area contributed by atoms with Crippen LogP contribution in [0.2, 0.25) is 0 Å². The van der Waals surface area contributed by atoms with E-state index in [0.717, 1.165) is 43.4 Å². The number of carbonyl (C=O) groups is 1. The van der Waals surface area contributed by atoms with Gasteiger partial charge in [-0.15, -0.1) is 0 Å². The molecule has 1 aromatic rings. The predicted octanol–water partition coefficient (Wildman–Crippen LogP) is 3.49. The largest absolute Gasteiger partial charge is 0.508 e. The normalized spacial score (nSPS) is 39.0. The first kappa shape index (κ1) is 16.7. The number of hydrogen-bond donors (Lipinski definition) is 3. The molecular formula is C21H29NO3. The van der Waals surface area contributed by atoms with E-state index >= 15 is 0 Å². The van der Waals surface area contributed by atoms with Gasteiger partial charge in [-0.25, -0.2) is 0 Å². The summed E-state index contributed by atoms with van der Waals surface area (Å²) in [6.07, 6.45) is 3.79. The molecule has 1 saturated carbocycles. The van der Waals surface area contributed by atoms with Crippen molar-refractivity contribution in [3.63, 3.8) is 0 Å². The zero-order valence-corrected chi connectivity index (χ0v) is 15.6. The Balaban J connectivity index is 1.85. The molecule has 0 aromatic heterocycles. The lowest BCUT2D eigenvalue weighted by atomic mass is 9.47. The van der Waals surface area contributed by atoms with Crippen molar-refractivity contribution in [3.8, 4) is 11.5 Å². The summed E-state index contributed by atoms with van der Waals surface area (Å²) in [5.41, 5.74) is 1.65. The van der Waals surface area contributed by atoms with Crippen molar-refractivity contribution in [1.29, 1.82) is 0 Å². The Hall–Kier alpha value is -1.71. The van der Waals surface area contributed by atoms with Gasteiger partial charge in [0, 0.05) is 29.0 Å². The zero-order chi connectivity index (χ0) is 18.2. The van der Waals surface area contributed by atoms with Gasteiger partial charge in [0.25, 0.3) is 0 Å². The Morgan fingerprint density at radius 3 is 2.52 bits per heavy atom. The molecule has 0 bridgehead atoms. The maximum absolute atomic E-state index is 12.6. The van der Waals surface area contributed by atoms with Gasteiger partial charge in [0.05, 0.1) is 0 Å². The first-order valence-electron chi connectivity index (χ1n) is 9.44. The fourth-order valence-corrected chi connectivity index (χ4v) is 6.75. The van der Waals surface area contributed by atoms with Crippen LogP contribution in [0.1, 0.15) is 58.1 Å². The summed E-state index contributed by atoms with van der Waals surface area (Å²) in [6.45, 7) is 9.52. The maximum Gasteiger partial charge on any atom is 0.225 e. The lowest BCUT2D eigenvalue weighted by Gasteiger charge is -2.56. The van der Waals surface area contributed by atoms with Crippen LogP contribution in [0.4, 0.5) is 0 Å². The Morgan fingerprint density at radius 2 is 1.80 bits per heavy atom. The molecule has 136 valence electrons. The minimum Gasteiger partial charge on any atom is -0.508 e. The molecule has 1 amide bonds. The summed E-state index contributed by atoms with van der Waals surface area (Å²) < 4.78 is 0. The average Bonchev–Trinajstić information content (AvgIpc) is 2.76. The summed E-state index contributed by atoms with van der Waals surface area (Å²) in [5.74, 6) is 1.22. The number of phenolic OH excluding ortho intramolecular Hbond substituents is 2. The molecule has 0 spiro atoms. The molecule has 3 aliphatic rings. The highest BCUT2D eigenvalue weighted by Gasteiger charge is 2.62. The van der Waals surface area contributed by atoms with Crippen molar-refractivity contribution in [2.24, 2.45) is 22.7 Å². The molecule has 2 aliphatic carbocycles. The van der Waals surface area contributed by atoms with Crippen LogP contribution in [0.3, 0.4) is 0 Å². The second-order valence-corrected chi connectivity index (χ2v) is 9.50. The van der Waals surface area contributed by atoms with E-state index in [2.05, 4.69) is 33.0 Å². The second-order valence-electron chi connectivity index (χ2n) is 9.50. The molecule has 4 unspecified atom stereocenters. The van der Waals surface area contributed by atoms with Gasteiger partial charge in [-0.3, -0.25) is 4.79 Å². The van der Waals surface area contributed by atoms with Crippen molar-refractivity contribution in [2.75, 3.05) is 6.54 Å². The van der Waals surface area contributed by atoms with E-state index in [1.807, 2.05) is 6.07 Å². The third-order valence-corrected chi connectivity index (χ3v) is 7.90. The van der Waals surface area contributed by atoms with Crippen LogP contribution in [-0.4, -0.2) is 22.7 Å². The molecule has 4 rings (SSSR count). The number of phenols is 2. The van der Waals surface area contributed by atoms with Crippen molar-refractivity contribution in [2.45, 2.75) is 58.8 Å². The molecule has 0 radical (unpaired) electrons. The smallest absolute Gasteiger partial charge is 0.225 e. The van der Waals surface area contributed by atoms with E-state index in [1.165, 1.54) is 6.07 Å². The minimum atomic E-state index is -0.383. The van der Waals surface area contributed by atoms with Crippen LogP contribution in [0.15, 0.2) is 12.1 Å². The monoisotopic (exact) mass is 343 g/mol.